The average Bonchev–Trinajstić information content (AvgIpc) is 2.95. The van der Waals surface area contributed by atoms with Crippen molar-refractivity contribution >= 4 is 11.8 Å². The zero-order valence-corrected chi connectivity index (χ0v) is 17.0. The summed E-state index contributed by atoms with van der Waals surface area (Å²) in [5, 5.41) is 13.4. The van der Waals surface area contributed by atoms with Crippen molar-refractivity contribution in [2.24, 2.45) is 0 Å². The molecule has 0 bridgehead atoms. The van der Waals surface area contributed by atoms with Crippen LogP contribution in [0.3, 0.4) is 0 Å². The van der Waals surface area contributed by atoms with Gasteiger partial charge < -0.3 is 15.2 Å². The van der Waals surface area contributed by atoms with E-state index in [-0.39, 0.29) is 23.6 Å². The van der Waals surface area contributed by atoms with Gasteiger partial charge in [-0.15, -0.1) is 0 Å². The molecule has 0 aromatic heterocycles. The SMILES string of the molecule is CC1=C(C(=O)OC2CCCCCC2)C(c2cccc(O)c2)C2=C(CCCC2=O)N1. The maximum absolute atomic E-state index is 13.3. The maximum atomic E-state index is 13.3. The first-order valence-corrected chi connectivity index (χ1v) is 10.8. The second-order valence-electron chi connectivity index (χ2n) is 8.38. The number of benzene rings is 1. The highest BCUT2D eigenvalue weighted by Crippen LogP contribution is 2.43. The summed E-state index contributed by atoms with van der Waals surface area (Å²) in [6.45, 7) is 1.88. The van der Waals surface area contributed by atoms with Crippen molar-refractivity contribution < 1.29 is 19.4 Å². The molecule has 1 unspecified atom stereocenters. The van der Waals surface area contributed by atoms with Gasteiger partial charge in [0.05, 0.1) is 5.57 Å². The number of allylic oxidation sites excluding steroid dienone is 3. The van der Waals surface area contributed by atoms with Crippen molar-refractivity contribution in [1.82, 2.24) is 5.32 Å². The van der Waals surface area contributed by atoms with E-state index in [1.807, 2.05) is 13.0 Å². The Kier molecular flexibility index (Phi) is 5.74. The van der Waals surface area contributed by atoms with Gasteiger partial charge in [0.2, 0.25) is 0 Å². The minimum Gasteiger partial charge on any atom is -0.508 e. The number of rotatable bonds is 3. The van der Waals surface area contributed by atoms with Crippen molar-refractivity contribution in [1.29, 1.82) is 0 Å². The normalized spacial score (nSPS) is 23.3. The molecule has 0 spiro atoms. The summed E-state index contributed by atoms with van der Waals surface area (Å²) in [4.78, 5) is 26.2. The molecule has 0 radical (unpaired) electrons. The van der Waals surface area contributed by atoms with E-state index in [0.29, 0.717) is 17.6 Å². The van der Waals surface area contributed by atoms with Crippen LogP contribution >= 0.6 is 0 Å². The Balaban J connectivity index is 1.71. The van der Waals surface area contributed by atoms with Crippen LogP contribution in [-0.2, 0) is 14.3 Å². The number of hydrogen-bond donors (Lipinski definition) is 2. The van der Waals surface area contributed by atoms with Gasteiger partial charge in [-0.05, 0) is 63.1 Å². The first kappa shape index (κ1) is 19.7. The lowest BCUT2D eigenvalue weighted by molar-refractivity contribution is -0.145. The van der Waals surface area contributed by atoms with Crippen LogP contribution in [0.25, 0.3) is 0 Å². The Bertz CT molecular complexity index is 875. The number of carbonyl (C=O) groups excluding carboxylic acids is 2. The second-order valence-corrected chi connectivity index (χ2v) is 8.38. The van der Waals surface area contributed by atoms with Gasteiger partial charge in [-0.3, -0.25) is 4.79 Å². The van der Waals surface area contributed by atoms with Crippen LogP contribution in [0.4, 0.5) is 0 Å². The molecule has 0 saturated heterocycles. The van der Waals surface area contributed by atoms with Crippen LogP contribution in [0.2, 0.25) is 0 Å². The molecule has 5 heteroatoms. The number of carbonyl (C=O) groups is 2. The Labute approximate surface area is 171 Å². The highest BCUT2D eigenvalue weighted by molar-refractivity contribution is 6.03. The number of Topliss-reactive ketones (excluding diaryl/α,β-unsaturated/α-hetero) is 1. The lowest BCUT2D eigenvalue weighted by atomic mass is 9.75. The van der Waals surface area contributed by atoms with Gasteiger partial charge in [0.25, 0.3) is 0 Å². The summed E-state index contributed by atoms with van der Waals surface area (Å²) in [7, 11) is 0. The largest absolute Gasteiger partial charge is 0.508 e. The first-order chi connectivity index (χ1) is 14.0. The Morgan fingerprint density at radius 2 is 1.86 bits per heavy atom. The van der Waals surface area contributed by atoms with E-state index < -0.39 is 5.92 Å². The molecule has 29 heavy (non-hydrogen) atoms. The molecular formula is C24H29NO4. The quantitative estimate of drug-likeness (QED) is 0.577. The summed E-state index contributed by atoms with van der Waals surface area (Å²) < 4.78 is 5.94. The third-order valence-corrected chi connectivity index (χ3v) is 6.28. The zero-order valence-electron chi connectivity index (χ0n) is 17.0. The van der Waals surface area contributed by atoms with E-state index in [9.17, 15) is 14.7 Å². The minimum absolute atomic E-state index is 0.0624. The maximum Gasteiger partial charge on any atom is 0.337 e. The smallest absolute Gasteiger partial charge is 0.337 e. The van der Waals surface area contributed by atoms with Gasteiger partial charge in [0, 0.05) is 29.3 Å². The Morgan fingerprint density at radius 1 is 1.10 bits per heavy atom. The number of ether oxygens (including phenoxy) is 1. The van der Waals surface area contributed by atoms with Crippen LogP contribution in [-0.4, -0.2) is 23.0 Å². The van der Waals surface area contributed by atoms with E-state index in [4.69, 9.17) is 4.74 Å². The molecule has 1 aromatic carbocycles. The first-order valence-electron chi connectivity index (χ1n) is 10.8. The predicted octanol–water partition coefficient (Wildman–Crippen LogP) is 4.63. The fraction of sp³-hybridized carbons (Fsp3) is 0.500. The van der Waals surface area contributed by atoms with Crippen LogP contribution in [0.1, 0.15) is 76.2 Å². The molecule has 5 nitrogen and oxygen atoms in total. The van der Waals surface area contributed by atoms with Gasteiger partial charge in [-0.1, -0.05) is 25.0 Å². The van der Waals surface area contributed by atoms with Gasteiger partial charge in [-0.2, -0.15) is 0 Å². The molecule has 1 atom stereocenters. The highest BCUT2D eigenvalue weighted by Gasteiger charge is 2.39. The van der Waals surface area contributed by atoms with Gasteiger partial charge in [0.15, 0.2) is 5.78 Å². The summed E-state index contributed by atoms with van der Waals surface area (Å²) in [5.74, 6) is -0.649. The molecule has 2 aliphatic carbocycles. The van der Waals surface area contributed by atoms with Crippen LogP contribution in [0.5, 0.6) is 5.75 Å². The van der Waals surface area contributed by atoms with Crippen molar-refractivity contribution in [2.75, 3.05) is 0 Å². The molecule has 154 valence electrons. The van der Waals surface area contributed by atoms with E-state index in [0.717, 1.165) is 55.5 Å². The molecule has 1 saturated carbocycles. The lowest BCUT2D eigenvalue weighted by Crippen LogP contribution is -2.35. The third-order valence-electron chi connectivity index (χ3n) is 6.28. The summed E-state index contributed by atoms with van der Waals surface area (Å²) in [6.07, 6.45) is 8.36. The fourth-order valence-electron chi connectivity index (χ4n) is 4.87. The van der Waals surface area contributed by atoms with Crippen molar-refractivity contribution in [3.63, 3.8) is 0 Å². The molecule has 1 heterocycles. The number of phenols is 1. The topological polar surface area (TPSA) is 75.6 Å². The van der Waals surface area contributed by atoms with Gasteiger partial charge in [-0.25, -0.2) is 4.79 Å². The van der Waals surface area contributed by atoms with Crippen LogP contribution < -0.4 is 5.32 Å². The van der Waals surface area contributed by atoms with E-state index in [1.54, 1.807) is 18.2 Å². The Morgan fingerprint density at radius 3 is 2.59 bits per heavy atom. The van der Waals surface area contributed by atoms with Crippen LogP contribution in [0, 0.1) is 0 Å². The minimum atomic E-state index is -0.496. The fourth-order valence-corrected chi connectivity index (χ4v) is 4.87. The molecule has 3 aliphatic rings. The number of esters is 1. The van der Waals surface area contributed by atoms with Crippen molar-refractivity contribution in [2.45, 2.75) is 76.7 Å². The van der Waals surface area contributed by atoms with E-state index in [2.05, 4.69) is 5.32 Å². The molecule has 2 N–H and O–H groups in total. The van der Waals surface area contributed by atoms with E-state index in [1.165, 1.54) is 12.8 Å². The molecule has 4 rings (SSSR count). The molecule has 1 aliphatic heterocycles. The predicted molar refractivity (Wildman–Crippen MR) is 110 cm³/mol. The number of aromatic hydroxyl groups is 1. The van der Waals surface area contributed by atoms with Crippen LogP contribution in [0.15, 0.2) is 46.8 Å². The lowest BCUT2D eigenvalue weighted by Gasteiger charge is -2.34. The molecular weight excluding hydrogens is 366 g/mol. The molecule has 1 aromatic rings. The number of dihydropyridines is 1. The van der Waals surface area contributed by atoms with Gasteiger partial charge >= 0.3 is 5.97 Å². The Hall–Kier alpha value is -2.56. The highest BCUT2D eigenvalue weighted by atomic mass is 16.5. The summed E-state index contributed by atoms with van der Waals surface area (Å²) >= 11 is 0. The number of ketones is 1. The monoisotopic (exact) mass is 395 g/mol. The molecule has 0 amide bonds. The van der Waals surface area contributed by atoms with Crippen molar-refractivity contribution in [3.05, 3.63) is 52.4 Å². The summed E-state index contributed by atoms with van der Waals surface area (Å²) in [5.41, 5.74) is 3.54. The molecule has 1 fully saturated rings. The van der Waals surface area contributed by atoms with E-state index >= 15 is 0 Å². The summed E-state index contributed by atoms with van der Waals surface area (Å²) in [6, 6.07) is 6.87. The standard InChI is InChI=1S/C24H29NO4/c1-15-21(24(28)29-18-10-4-2-3-5-11-18)22(16-8-6-9-17(26)14-16)23-19(25-15)12-7-13-20(23)27/h6,8-9,14,18,22,25-26H,2-5,7,10-13H2,1H3. The third kappa shape index (κ3) is 4.09. The second kappa shape index (κ2) is 8.44. The van der Waals surface area contributed by atoms with Crippen molar-refractivity contribution in [3.8, 4) is 5.75 Å². The number of phenolic OH excluding ortho intramolecular Hbond substituents is 1. The number of hydrogen-bond acceptors (Lipinski definition) is 5. The number of nitrogens with one attached hydrogen (secondary N) is 1. The van der Waals surface area contributed by atoms with Gasteiger partial charge in [0.1, 0.15) is 11.9 Å². The average molecular weight is 395 g/mol. The zero-order chi connectivity index (χ0) is 20.4.